The molecule has 1 aliphatic heterocycles. The van der Waals surface area contributed by atoms with Crippen LogP contribution < -0.4 is 15.4 Å². The number of methoxy groups -OCH3 is 1. The number of anilines is 1. The molecule has 0 radical (unpaired) electrons. The van der Waals surface area contributed by atoms with Crippen LogP contribution in [-0.2, 0) is 9.53 Å². The second kappa shape index (κ2) is 10.8. The van der Waals surface area contributed by atoms with Gasteiger partial charge in [0.05, 0.1) is 18.7 Å². The van der Waals surface area contributed by atoms with Gasteiger partial charge in [0.25, 0.3) is 5.91 Å². The van der Waals surface area contributed by atoms with E-state index in [0.29, 0.717) is 36.1 Å². The summed E-state index contributed by atoms with van der Waals surface area (Å²) in [6.07, 6.45) is 6.91. The molecule has 1 amide bonds. The van der Waals surface area contributed by atoms with Crippen molar-refractivity contribution in [2.75, 3.05) is 25.6 Å². The van der Waals surface area contributed by atoms with Crippen molar-refractivity contribution >= 4 is 29.4 Å². The van der Waals surface area contributed by atoms with E-state index in [9.17, 15) is 9.59 Å². The number of fused-ring (bicyclic) bond motifs is 1. The highest BCUT2D eigenvalue weighted by Gasteiger charge is 2.27. The molecule has 9 heteroatoms. The van der Waals surface area contributed by atoms with Crippen LogP contribution in [0.3, 0.4) is 0 Å². The number of halogens is 1. The number of hydrogen-bond acceptors (Lipinski definition) is 7. The van der Waals surface area contributed by atoms with Crippen LogP contribution in [0.5, 0.6) is 5.75 Å². The normalized spacial score (nSPS) is 14.5. The lowest BCUT2D eigenvalue weighted by Crippen LogP contribution is -2.25. The van der Waals surface area contributed by atoms with Crippen LogP contribution in [0.15, 0.2) is 30.6 Å². The van der Waals surface area contributed by atoms with Gasteiger partial charge in [-0.25, -0.2) is 9.97 Å². The van der Waals surface area contributed by atoms with Crippen molar-refractivity contribution in [3.05, 3.63) is 46.7 Å². The maximum atomic E-state index is 12.2. The number of nitrogens with one attached hydrogen (secondary N) is 2. The number of esters is 1. The van der Waals surface area contributed by atoms with Gasteiger partial charge in [-0.15, -0.1) is 0 Å². The molecule has 30 heavy (non-hydrogen) atoms. The zero-order valence-electron chi connectivity index (χ0n) is 16.8. The monoisotopic (exact) mass is 432 g/mol. The summed E-state index contributed by atoms with van der Waals surface area (Å²) in [5, 5.41) is 6.67. The van der Waals surface area contributed by atoms with Crippen molar-refractivity contribution in [1.82, 2.24) is 15.3 Å². The molecule has 1 unspecified atom stereocenters. The highest BCUT2D eigenvalue weighted by molar-refractivity contribution is 6.31. The summed E-state index contributed by atoms with van der Waals surface area (Å²) in [5.41, 5.74) is 1.28. The van der Waals surface area contributed by atoms with E-state index in [1.54, 1.807) is 0 Å². The lowest BCUT2D eigenvalue weighted by atomic mass is 10.1. The van der Waals surface area contributed by atoms with Gasteiger partial charge in [0, 0.05) is 35.9 Å². The van der Waals surface area contributed by atoms with E-state index in [1.807, 2.05) is 18.2 Å². The molecule has 2 aromatic rings. The quantitative estimate of drug-likeness (QED) is 0.437. The molecular formula is C21H25ClN4O4. The lowest BCUT2D eigenvalue weighted by molar-refractivity contribution is -0.140. The molecule has 0 saturated heterocycles. The fourth-order valence-electron chi connectivity index (χ4n) is 3.18. The minimum atomic E-state index is -0.214. The number of carbonyl (C=O) groups is 2. The van der Waals surface area contributed by atoms with E-state index < -0.39 is 0 Å². The second-order valence-corrected chi connectivity index (χ2v) is 7.36. The van der Waals surface area contributed by atoms with Crippen molar-refractivity contribution in [1.29, 1.82) is 0 Å². The molecule has 1 atom stereocenters. The first kappa shape index (κ1) is 21.8. The third-order valence-corrected chi connectivity index (χ3v) is 5.13. The summed E-state index contributed by atoms with van der Waals surface area (Å²) in [7, 11) is 1.39. The van der Waals surface area contributed by atoms with Gasteiger partial charge < -0.3 is 20.1 Å². The van der Waals surface area contributed by atoms with Gasteiger partial charge in [0.1, 0.15) is 12.4 Å². The van der Waals surface area contributed by atoms with Crippen molar-refractivity contribution in [3.63, 3.8) is 0 Å². The Labute approximate surface area is 180 Å². The Morgan fingerprint density at radius 1 is 1.20 bits per heavy atom. The maximum Gasteiger partial charge on any atom is 0.305 e. The number of nitrogens with zero attached hydrogens (tertiary/aromatic N) is 2. The van der Waals surface area contributed by atoms with E-state index in [0.717, 1.165) is 37.0 Å². The van der Waals surface area contributed by atoms with Crippen LogP contribution >= 0.6 is 11.6 Å². The van der Waals surface area contributed by atoms with Crippen molar-refractivity contribution < 1.29 is 19.1 Å². The summed E-state index contributed by atoms with van der Waals surface area (Å²) in [5.74, 6) is 0.752. The van der Waals surface area contributed by atoms with Crippen LogP contribution in [-0.4, -0.2) is 42.1 Å². The fourth-order valence-corrected chi connectivity index (χ4v) is 3.48. The van der Waals surface area contributed by atoms with E-state index >= 15 is 0 Å². The predicted molar refractivity (Wildman–Crippen MR) is 113 cm³/mol. The van der Waals surface area contributed by atoms with Crippen molar-refractivity contribution in [2.24, 2.45) is 0 Å². The zero-order chi connectivity index (χ0) is 21.3. The minimum Gasteiger partial charge on any atom is -0.491 e. The largest absolute Gasteiger partial charge is 0.491 e. The molecule has 1 aromatic carbocycles. The van der Waals surface area contributed by atoms with Crippen LogP contribution in [0.1, 0.15) is 54.1 Å². The number of carbonyl (C=O) groups excluding carboxylic acids is 2. The van der Waals surface area contributed by atoms with E-state index in [2.05, 4.69) is 25.3 Å². The maximum absolute atomic E-state index is 12.2. The summed E-state index contributed by atoms with van der Waals surface area (Å²) in [4.78, 5) is 31.7. The number of unbranched alkanes of at least 4 members (excludes halogenated alkanes) is 3. The van der Waals surface area contributed by atoms with Gasteiger partial charge in [0.15, 0.2) is 0 Å². The molecule has 160 valence electrons. The van der Waals surface area contributed by atoms with Gasteiger partial charge in [-0.1, -0.05) is 30.5 Å². The van der Waals surface area contributed by atoms with Crippen LogP contribution in [0.2, 0.25) is 5.02 Å². The van der Waals surface area contributed by atoms with E-state index in [1.165, 1.54) is 19.5 Å². The van der Waals surface area contributed by atoms with Crippen LogP contribution in [0, 0.1) is 0 Å². The van der Waals surface area contributed by atoms with Crippen molar-refractivity contribution in [3.8, 4) is 5.75 Å². The summed E-state index contributed by atoms with van der Waals surface area (Å²) in [6, 6.07) is 5.39. The summed E-state index contributed by atoms with van der Waals surface area (Å²) < 4.78 is 10.2. The average molecular weight is 433 g/mol. The fraction of sp³-hybridized carbons (Fsp3) is 0.429. The first-order valence-corrected chi connectivity index (χ1v) is 10.3. The Kier molecular flexibility index (Phi) is 7.84. The van der Waals surface area contributed by atoms with E-state index in [-0.39, 0.29) is 17.9 Å². The first-order valence-electron chi connectivity index (χ1n) is 9.93. The Hall–Kier alpha value is -2.87. The smallest absolute Gasteiger partial charge is 0.305 e. The molecule has 1 aromatic heterocycles. The van der Waals surface area contributed by atoms with E-state index in [4.69, 9.17) is 16.3 Å². The summed E-state index contributed by atoms with van der Waals surface area (Å²) >= 11 is 6.27. The predicted octanol–water partition coefficient (Wildman–Crippen LogP) is 3.53. The van der Waals surface area contributed by atoms with Crippen LogP contribution in [0.25, 0.3) is 0 Å². The average Bonchev–Trinajstić information content (AvgIpc) is 3.17. The molecule has 0 fully saturated rings. The molecule has 0 saturated carbocycles. The number of aromatic nitrogens is 2. The molecule has 2 N–H and O–H groups in total. The molecule has 0 aliphatic carbocycles. The Morgan fingerprint density at radius 3 is 2.73 bits per heavy atom. The van der Waals surface area contributed by atoms with Gasteiger partial charge in [-0.05, 0) is 25.0 Å². The number of hydrogen-bond donors (Lipinski definition) is 2. The second-order valence-electron chi connectivity index (χ2n) is 6.95. The van der Waals surface area contributed by atoms with Gasteiger partial charge in [-0.3, -0.25) is 9.59 Å². The zero-order valence-corrected chi connectivity index (χ0v) is 17.6. The summed E-state index contributed by atoms with van der Waals surface area (Å²) in [6.45, 7) is 0.996. The van der Waals surface area contributed by atoms with Crippen LogP contribution in [0.4, 0.5) is 5.95 Å². The molecule has 0 spiro atoms. The third kappa shape index (κ3) is 5.82. The molecule has 3 rings (SSSR count). The van der Waals surface area contributed by atoms with Gasteiger partial charge in [0.2, 0.25) is 5.95 Å². The Balaban J connectivity index is 1.41. The van der Waals surface area contributed by atoms with Gasteiger partial charge >= 0.3 is 5.97 Å². The molecule has 0 bridgehead atoms. The minimum absolute atomic E-state index is 0.146. The third-order valence-electron chi connectivity index (χ3n) is 4.81. The highest BCUT2D eigenvalue weighted by Crippen LogP contribution is 2.38. The topological polar surface area (TPSA) is 102 Å². The standard InChI is InChI=1S/C21H25ClN4O4/c1-29-18(27)9-4-2-3-5-10-23-20(28)14-11-24-21(25-12-14)26-16-13-30-17-8-6-7-15(22)19(16)17/h6-8,11-12,16H,2-5,9-10,13H2,1H3,(H,23,28)(H,24,25,26). The highest BCUT2D eigenvalue weighted by atomic mass is 35.5. The number of rotatable bonds is 10. The molecular weight excluding hydrogens is 408 g/mol. The molecule has 8 nitrogen and oxygen atoms in total. The molecule has 1 aliphatic rings. The number of ether oxygens (including phenoxy) is 2. The number of amides is 1. The number of benzene rings is 1. The van der Waals surface area contributed by atoms with Gasteiger partial charge in [-0.2, -0.15) is 0 Å². The first-order chi connectivity index (χ1) is 14.6. The SMILES string of the molecule is COC(=O)CCCCCCNC(=O)c1cnc(NC2COc3cccc(Cl)c32)nc1. The lowest BCUT2D eigenvalue weighted by Gasteiger charge is -2.12. The van der Waals surface area contributed by atoms with Crippen molar-refractivity contribution in [2.45, 2.75) is 38.1 Å². The Morgan fingerprint density at radius 2 is 1.97 bits per heavy atom. The molecule has 2 heterocycles. The Bertz CT molecular complexity index is 876.